The number of nitrogens with one attached hydrogen (secondary N) is 1. The van der Waals surface area contributed by atoms with Crippen molar-refractivity contribution in [3.05, 3.63) is 18.0 Å². The lowest BCUT2D eigenvalue weighted by molar-refractivity contribution is -0.0991. The SMILES string of the molecule is COc1ccnc(CNCC2(C)COC2)c1OC. The topological polar surface area (TPSA) is 52.6 Å². The minimum atomic E-state index is 0.256. The Balaban J connectivity index is 1.96. The van der Waals surface area contributed by atoms with Gasteiger partial charge in [-0.3, -0.25) is 4.98 Å². The van der Waals surface area contributed by atoms with Gasteiger partial charge in [-0.15, -0.1) is 0 Å². The van der Waals surface area contributed by atoms with Gasteiger partial charge in [0, 0.05) is 30.8 Å². The zero-order valence-electron chi connectivity index (χ0n) is 11.2. The maximum atomic E-state index is 5.34. The van der Waals surface area contributed by atoms with Gasteiger partial charge in [-0.05, 0) is 0 Å². The van der Waals surface area contributed by atoms with Crippen molar-refractivity contribution >= 4 is 0 Å². The summed E-state index contributed by atoms with van der Waals surface area (Å²) in [5.74, 6) is 1.41. The number of methoxy groups -OCH3 is 2. The summed E-state index contributed by atoms with van der Waals surface area (Å²) in [4.78, 5) is 4.32. The number of aromatic nitrogens is 1. The average molecular weight is 252 g/mol. The maximum absolute atomic E-state index is 5.34. The first-order chi connectivity index (χ1) is 8.68. The van der Waals surface area contributed by atoms with Gasteiger partial charge in [0.15, 0.2) is 11.5 Å². The van der Waals surface area contributed by atoms with Crippen LogP contribution in [0.3, 0.4) is 0 Å². The lowest BCUT2D eigenvalue weighted by atomic mass is 9.89. The van der Waals surface area contributed by atoms with Crippen molar-refractivity contribution in [2.75, 3.05) is 34.0 Å². The molecule has 0 aliphatic carbocycles. The quantitative estimate of drug-likeness (QED) is 0.825. The van der Waals surface area contributed by atoms with E-state index in [1.54, 1.807) is 26.5 Å². The van der Waals surface area contributed by atoms with Crippen molar-refractivity contribution in [3.63, 3.8) is 0 Å². The van der Waals surface area contributed by atoms with Gasteiger partial charge in [0.2, 0.25) is 0 Å². The average Bonchev–Trinajstić information content (AvgIpc) is 2.36. The van der Waals surface area contributed by atoms with E-state index in [2.05, 4.69) is 17.2 Å². The Kier molecular flexibility index (Phi) is 4.04. The molecule has 1 saturated heterocycles. The van der Waals surface area contributed by atoms with E-state index in [9.17, 15) is 0 Å². The van der Waals surface area contributed by atoms with Crippen LogP contribution in [-0.2, 0) is 11.3 Å². The first-order valence-corrected chi connectivity index (χ1v) is 6.03. The van der Waals surface area contributed by atoms with Crippen molar-refractivity contribution in [1.29, 1.82) is 0 Å². The Hall–Kier alpha value is -1.33. The fourth-order valence-corrected chi connectivity index (χ4v) is 2.01. The van der Waals surface area contributed by atoms with Crippen molar-refractivity contribution in [1.82, 2.24) is 10.3 Å². The normalized spacial score (nSPS) is 17.1. The number of ether oxygens (including phenoxy) is 3. The van der Waals surface area contributed by atoms with Crippen LogP contribution in [0.25, 0.3) is 0 Å². The highest BCUT2D eigenvalue weighted by atomic mass is 16.5. The molecule has 0 aromatic carbocycles. The lowest BCUT2D eigenvalue weighted by Gasteiger charge is -2.38. The Morgan fingerprint density at radius 2 is 2.17 bits per heavy atom. The van der Waals surface area contributed by atoms with Gasteiger partial charge in [0.25, 0.3) is 0 Å². The van der Waals surface area contributed by atoms with E-state index in [0.717, 1.165) is 25.5 Å². The number of hydrogen-bond acceptors (Lipinski definition) is 5. The largest absolute Gasteiger partial charge is 0.493 e. The second-order valence-electron chi connectivity index (χ2n) is 4.90. The van der Waals surface area contributed by atoms with Crippen LogP contribution in [0.2, 0.25) is 0 Å². The Morgan fingerprint density at radius 1 is 1.39 bits per heavy atom. The zero-order valence-corrected chi connectivity index (χ0v) is 11.2. The molecule has 1 fully saturated rings. The van der Waals surface area contributed by atoms with Crippen LogP contribution in [0.15, 0.2) is 12.3 Å². The minimum Gasteiger partial charge on any atom is -0.493 e. The van der Waals surface area contributed by atoms with Gasteiger partial charge in [0.1, 0.15) is 0 Å². The van der Waals surface area contributed by atoms with Crippen LogP contribution in [-0.4, -0.2) is 39.0 Å². The molecule has 2 heterocycles. The van der Waals surface area contributed by atoms with E-state index >= 15 is 0 Å². The molecule has 0 amide bonds. The van der Waals surface area contributed by atoms with Crippen LogP contribution in [0.1, 0.15) is 12.6 Å². The third-order valence-corrected chi connectivity index (χ3v) is 3.11. The van der Waals surface area contributed by atoms with Gasteiger partial charge in [0.05, 0.1) is 33.1 Å². The highest BCUT2D eigenvalue weighted by molar-refractivity contribution is 5.42. The summed E-state index contributed by atoms with van der Waals surface area (Å²) in [6, 6.07) is 1.80. The summed E-state index contributed by atoms with van der Waals surface area (Å²) in [5, 5.41) is 3.39. The third kappa shape index (κ3) is 2.73. The fraction of sp³-hybridized carbons (Fsp3) is 0.615. The molecule has 5 heteroatoms. The zero-order chi connectivity index (χ0) is 13.0. The van der Waals surface area contributed by atoms with Crippen molar-refractivity contribution in [2.24, 2.45) is 5.41 Å². The molecule has 0 unspecified atom stereocenters. The van der Waals surface area contributed by atoms with E-state index in [4.69, 9.17) is 14.2 Å². The number of pyridine rings is 1. The Labute approximate surface area is 107 Å². The van der Waals surface area contributed by atoms with Crippen molar-refractivity contribution in [2.45, 2.75) is 13.5 Å². The molecule has 18 heavy (non-hydrogen) atoms. The number of nitrogens with zero attached hydrogens (tertiary/aromatic N) is 1. The molecule has 0 radical (unpaired) electrons. The Bertz CT molecular complexity index is 405. The van der Waals surface area contributed by atoms with Crippen molar-refractivity contribution < 1.29 is 14.2 Å². The van der Waals surface area contributed by atoms with Crippen LogP contribution in [0, 0.1) is 5.41 Å². The smallest absolute Gasteiger partial charge is 0.183 e. The number of hydrogen-bond donors (Lipinski definition) is 1. The highest BCUT2D eigenvalue weighted by Crippen LogP contribution is 2.29. The molecule has 1 aliphatic rings. The van der Waals surface area contributed by atoms with Crippen LogP contribution < -0.4 is 14.8 Å². The molecule has 5 nitrogen and oxygen atoms in total. The second kappa shape index (κ2) is 5.54. The summed E-state index contributed by atoms with van der Waals surface area (Å²) >= 11 is 0. The van der Waals surface area contributed by atoms with E-state index < -0.39 is 0 Å². The van der Waals surface area contributed by atoms with E-state index in [1.165, 1.54) is 0 Å². The van der Waals surface area contributed by atoms with Crippen LogP contribution in [0.5, 0.6) is 11.5 Å². The summed E-state index contributed by atoms with van der Waals surface area (Å²) in [6.45, 7) is 5.43. The van der Waals surface area contributed by atoms with Gasteiger partial charge in [-0.2, -0.15) is 0 Å². The molecular formula is C13H20N2O3. The molecule has 0 bridgehead atoms. The first-order valence-electron chi connectivity index (χ1n) is 6.03. The molecule has 1 aromatic heterocycles. The second-order valence-corrected chi connectivity index (χ2v) is 4.90. The molecule has 1 N–H and O–H groups in total. The Morgan fingerprint density at radius 3 is 2.72 bits per heavy atom. The van der Waals surface area contributed by atoms with E-state index in [1.807, 2.05) is 0 Å². The minimum absolute atomic E-state index is 0.256. The van der Waals surface area contributed by atoms with Gasteiger partial charge in [-0.25, -0.2) is 0 Å². The first kappa shape index (κ1) is 13.1. The van der Waals surface area contributed by atoms with Crippen molar-refractivity contribution in [3.8, 4) is 11.5 Å². The highest BCUT2D eigenvalue weighted by Gasteiger charge is 2.32. The monoisotopic (exact) mass is 252 g/mol. The molecule has 2 rings (SSSR count). The predicted octanol–water partition coefficient (Wildman–Crippen LogP) is 1.22. The summed E-state index contributed by atoms with van der Waals surface area (Å²) < 4.78 is 15.8. The maximum Gasteiger partial charge on any atom is 0.183 e. The van der Waals surface area contributed by atoms with E-state index in [-0.39, 0.29) is 5.41 Å². The van der Waals surface area contributed by atoms with Gasteiger partial charge >= 0.3 is 0 Å². The predicted molar refractivity (Wildman–Crippen MR) is 68.0 cm³/mol. The van der Waals surface area contributed by atoms with E-state index in [0.29, 0.717) is 18.0 Å². The fourth-order valence-electron chi connectivity index (χ4n) is 2.01. The molecule has 0 saturated carbocycles. The molecule has 0 atom stereocenters. The molecule has 1 aromatic rings. The lowest BCUT2D eigenvalue weighted by Crippen LogP contribution is -2.47. The molecular weight excluding hydrogens is 232 g/mol. The molecule has 1 aliphatic heterocycles. The molecule has 0 spiro atoms. The standard InChI is InChI=1S/C13H20N2O3/c1-13(8-18-9-13)7-14-6-10-12(17-3)11(16-2)4-5-15-10/h4-5,14H,6-9H2,1-3H3. The van der Waals surface area contributed by atoms with Gasteiger partial charge < -0.3 is 19.5 Å². The van der Waals surface area contributed by atoms with Gasteiger partial charge in [-0.1, -0.05) is 6.92 Å². The van der Waals surface area contributed by atoms with Crippen LogP contribution >= 0.6 is 0 Å². The van der Waals surface area contributed by atoms with Crippen LogP contribution in [0.4, 0.5) is 0 Å². The molecule has 100 valence electrons. The summed E-state index contributed by atoms with van der Waals surface area (Å²) in [7, 11) is 3.26. The third-order valence-electron chi connectivity index (χ3n) is 3.11. The summed E-state index contributed by atoms with van der Waals surface area (Å²) in [6.07, 6.45) is 1.73. The number of rotatable bonds is 6. The summed E-state index contributed by atoms with van der Waals surface area (Å²) in [5.41, 5.74) is 1.12.